The van der Waals surface area contributed by atoms with E-state index in [9.17, 15) is 49.4 Å². The van der Waals surface area contributed by atoms with Gasteiger partial charge >= 0.3 is 28.3 Å². The van der Waals surface area contributed by atoms with Crippen molar-refractivity contribution in [3.8, 4) is 0 Å². The van der Waals surface area contributed by atoms with Gasteiger partial charge in [0.2, 0.25) is 0 Å². The predicted octanol–water partition coefficient (Wildman–Crippen LogP) is 6.80. The molecule has 0 spiro atoms. The Bertz CT molecular complexity index is 1290. The number of allylic oxidation sites excluding steroid dienone is 2. The maximum atomic E-state index is 13.7. The average molecular weight is 632 g/mol. The lowest BCUT2D eigenvalue weighted by atomic mass is 9.47. The quantitative estimate of drug-likeness (QED) is 0.0984. The Morgan fingerprint density at radius 1 is 1.07 bits per heavy atom. The van der Waals surface area contributed by atoms with Crippen LogP contribution in [0.2, 0.25) is 0 Å². The van der Waals surface area contributed by atoms with E-state index in [0.717, 1.165) is 30.4 Å². The summed E-state index contributed by atoms with van der Waals surface area (Å²) in [6, 6.07) is 5.10. The first-order valence-electron chi connectivity index (χ1n) is 14.0. The molecule has 0 aliphatic heterocycles. The third kappa shape index (κ3) is 5.80. The Morgan fingerprint density at radius 3 is 2.40 bits per heavy atom. The number of aryl methyl sites for hydroxylation is 1. The average Bonchev–Trinajstić information content (AvgIpc) is 3.18. The van der Waals surface area contributed by atoms with E-state index in [1.165, 1.54) is 0 Å². The minimum atomic E-state index is -6.49. The molecular formula is C28H36F7NO5S. The molecule has 0 saturated heterocycles. The number of hydrogen-bond acceptors (Lipinski definition) is 4. The number of hydrogen-bond donors (Lipinski definition) is 4. The van der Waals surface area contributed by atoms with Gasteiger partial charge < -0.3 is 10.2 Å². The van der Waals surface area contributed by atoms with E-state index in [2.05, 4.69) is 17.7 Å². The molecule has 0 aromatic heterocycles. The molecule has 3 unspecified atom stereocenters. The van der Waals surface area contributed by atoms with E-state index < -0.39 is 47.0 Å². The monoisotopic (exact) mass is 631 g/mol. The molecule has 2 saturated carbocycles. The minimum Gasteiger partial charge on any atom is -0.393 e. The molecule has 1 aromatic carbocycles. The molecule has 42 heavy (non-hydrogen) atoms. The van der Waals surface area contributed by atoms with E-state index in [1.54, 1.807) is 12.1 Å². The van der Waals surface area contributed by atoms with Gasteiger partial charge in [-0.15, -0.1) is 0 Å². The molecule has 1 aromatic rings. The molecular weight excluding hydrogens is 595 g/mol. The number of alkyl halides is 7. The van der Waals surface area contributed by atoms with Gasteiger partial charge in [-0.3, -0.25) is 9.27 Å². The Morgan fingerprint density at radius 2 is 1.76 bits per heavy atom. The molecule has 0 amide bonds. The third-order valence-electron chi connectivity index (χ3n) is 9.87. The molecule has 6 nitrogen and oxygen atoms in total. The summed E-state index contributed by atoms with van der Waals surface area (Å²) in [7, 11) is -4.45. The Kier molecular flexibility index (Phi) is 8.82. The summed E-state index contributed by atoms with van der Waals surface area (Å²) < 4.78 is 125. The van der Waals surface area contributed by atoms with Crippen LogP contribution in [0.5, 0.6) is 0 Å². The number of aliphatic hydroxyl groups is 2. The molecule has 2 fully saturated rings. The van der Waals surface area contributed by atoms with Crippen LogP contribution in [0.1, 0.15) is 81.8 Å². The van der Waals surface area contributed by atoms with Crippen molar-refractivity contribution in [3.63, 3.8) is 0 Å². The first-order valence-corrected chi connectivity index (χ1v) is 15.4. The van der Waals surface area contributed by atoms with Crippen molar-refractivity contribution in [2.45, 2.75) is 107 Å². The number of fused-ring (bicyclic) bond motifs is 5. The van der Waals surface area contributed by atoms with Gasteiger partial charge in [-0.1, -0.05) is 31.6 Å². The summed E-state index contributed by atoms with van der Waals surface area (Å²) in [5.74, 6) is -11.9. The Labute approximate surface area is 240 Å². The molecule has 14 heteroatoms. The van der Waals surface area contributed by atoms with E-state index in [1.807, 2.05) is 12.1 Å². The normalized spacial score (nSPS) is 31.0. The van der Waals surface area contributed by atoms with Crippen LogP contribution < -0.4 is 4.72 Å². The molecule has 3 aliphatic rings. The van der Waals surface area contributed by atoms with Gasteiger partial charge in [0.15, 0.2) is 0 Å². The summed E-state index contributed by atoms with van der Waals surface area (Å²) >= 11 is 0. The Hall–Kier alpha value is -1.90. The van der Waals surface area contributed by atoms with Crippen molar-refractivity contribution in [2.24, 2.45) is 16.7 Å². The molecule has 0 bridgehead atoms. The molecule has 238 valence electrons. The van der Waals surface area contributed by atoms with Crippen LogP contribution in [0.3, 0.4) is 0 Å². The third-order valence-corrected chi connectivity index (χ3v) is 10.4. The van der Waals surface area contributed by atoms with Crippen LogP contribution in [0, 0.1) is 16.7 Å². The second kappa shape index (κ2) is 11.2. The number of anilines is 1. The molecule has 4 rings (SSSR count). The van der Waals surface area contributed by atoms with Crippen molar-refractivity contribution in [1.82, 2.24) is 0 Å². The van der Waals surface area contributed by atoms with Gasteiger partial charge in [-0.2, -0.15) is 39.2 Å². The lowest BCUT2D eigenvalue weighted by molar-refractivity contribution is -0.371. The van der Waals surface area contributed by atoms with Crippen LogP contribution in [0.15, 0.2) is 30.4 Å². The summed E-state index contributed by atoms with van der Waals surface area (Å²) in [5, 5.41) is 20.4. The maximum Gasteiger partial charge on any atom is 0.459 e. The number of rotatable bonds is 10. The van der Waals surface area contributed by atoms with Gasteiger partial charge in [0.25, 0.3) is 0 Å². The SMILES string of the molecule is C[C@]12CCC3c4ccc(NS(=O)(=O)O)cc4CCC3(C=CCCCC[C@@H](O)C(F)(F)C(F)(F)C(F)(F)F)C1CC[C@@H]2O. The topological polar surface area (TPSA) is 107 Å². The molecule has 3 aliphatic carbocycles. The molecule has 6 atom stereocenters. The summed E-state index contributed by atoms with van der Waals surface area (Å²) in [4.78, 5) is 0. The number of halogens is 7. The zero-order chi connectivity index (χ0) is 31.4. The number of nitrogens with one attached hydrogen (secondary N) is 1. The summed E-state index contributed by atoms with van der Waals surface area (Å²) in [6.07, 6.45) is -2.60. The zero-order valence-electron chi connectivity index (χ0n) is 23.0. The fourth-order valence-corrected chi connectivity index (χ4v) is 8.15. The van der Waals surface area contributed by atoms with Crippen molar-refractivity contribution >= 4 is 16.0 Å². The van der Waals surface area contributed by atoms with E-state index in [0.29, 0.717) is 25.7 Å². The minimum absolute atomic E-state index is 0.0331. The van der Waals surface area contributed by atoms with Crippen LogP contribution in [0.25, 0.3) is 0 Å². The van der Waals surface area contributed by atoms with Crippen LogP contribution in [0.4, 0.5) is 36.4 Å². The largest absolute Gasteiger partial charge is 0.459 e. The van der Waals surface area contributed by atoms with Gasteiger partial charge in [-0.05, 0) is 104 Å². The van der Waals surface area contributed by atoms with Gasteiger partial charge in [0, 0.05) is 0 Å². The highest BCUT2D eigenvalue weighted by molar-refractivity contribution is 7.87. The van der Waals surface area contributed by atoms with Crippen molar-refractivity contribution in [1.29, 1.82) is 0 Å². The molecule has 0 radical (unpaired) electrons. The van der Waals surface area contributed by atoms with Crippen molar-refractivity contribution < 1.29 is 53.9 Å². The summed E-state index contributed by atoms with van der Waals surface area (Å²) in [6.45, 7) is 2.08. The highest BCUT2D eigenvalue weighted by Gasteiger charge is 2.75. The summed E-state index contributed by atoms with van der Waals surface area (Å²) in [5.41, 5.74) is 1.50. The predicted molar refractivity (Wildman–Crippen MR) is 141 cm³/mol. The highest BCUT2D eigenvalue weighted by Crippen LogP contribution is 2.67. The van der Waals surface area contributed by atoms with E-state index in [4.69, 9.17) is 4.55 Å². The zero-order valence-corrected chi connectivity index (χ0v) is 23.8. The van der Waals surface area contributed by atoms with E-state index >= 15 is 0 Å². The van der Waals surface area contributed by atoms with E-state index in [-0.39, 0.29) is 41.2 Å². The first-order chi connectivity index (χ1) is 19.3. The second-order valence-electron chi connectivity index (χ2n) is 12.2. The van der Waals surface area contributed by atoms with Crippen LogP contribution >= 0.6 is 0 Å². The van der Waals surface area contributed by atoms with Gasteiger partial charge in [0.05, 0.1) is 11.8 Å². The first kappa shape index (κ1) is 33.0. The molecule has 0 heterocycles. The van der Waals surface area contributed by atoms with Gasteiger partial charge in [0.1, 0.15) is 6.10 Å². The van der Waals surface area contributed by atoms with Crippen LogP contribution in [-0.2, 0) is 16.7 Å². The maximum absolute atomic E-state index is 13.7. The highest BCUT2D eigenvalue weighted by atomic mass is 32.2. The van der Waals surface area contributed by atoms with Crippen molar-refractivity contribution in [2.75, 3.05) is 4.72 Å². The fraction of sp³-hybridized carbons (Fsp3) is 0.714. The Balaban J connectivity index is 1.49. The fourth-order valence-electron chi connectivity index (χ4n) is 7.72. The van der Waals surface area contributed by atoms with Crippen molar-refractivity contribution in [3.05, 3.63) is 41.5 Å². The second-order valence-corrected chi connectivity index (χ2v) is 13.4. The lowest BCUT2D eigenvalue weighted by Crippen LogP contribution is -2.57. The standard InChI is InChI=1S/C28H36F7NO5S/c1-24-14-12-20-19-8-7-18(36-42(39,40)41)16-17(19)11-15-25(20,21(24)9-10-22(24)37)13-5-3-2-4-6-23(38)26(29,30)27(31,32)28(33,34)35/h5,7-8,13,16,20-23,36-38H,2-4,6,9-12,14-15H2,1H3,(H,39,40,41)/t20?,21?,22-,23+,24-,25?/m0/s1. The number of aliphatic hydroxyl groups excluding tert-OH is 2. The van der Waals surface area contributed by atoms with Gasteiger partial charge in [-0.25, -0.2) is 0 Å². The number of benzene rings is 1. The lowest BCUT2D eigenvalue weighted by Gasteiger charge is -2.57. The molecule has 4 N–H and O–H groups in total. The smallest absolute Gasteiger partial charge is 0.393 e. The number of unbranched alkanes of at least 4 members (excludes halogenated alkanes) is 2. The van der Waals surface area contributed by atoms with Crippen LogP contribution in [-0.4, -0.2) is 53.4 Å².